The molecule has 1 heterocycles. The highest BCUT2D eigenvalue weighted by Crippen LogP contribution is 2.38. The predicted octanol–water partition coefficient (Wildman–Crippen LogP) is 3.85. The van der Waals surface area contributed by atoms with Crippen LogP contribution in [0, 0.1) is 0 Å². The van der Waals surface area contributed by atoms with Gasteiger partial charge in [0.15, 0.2) is 0 Å². The highest BCUT2D eigenvalue weighted by molar-refractivity contribution is 5.96. The number of carbonyl (C=O) groups excluding carboxylic acids is 1. The first kappa shape index (κ1) is 17.1. The summed E-state index contributed by atoms with van der Waals surface area (Å²) in [5, 5.41) is 6.14. The van der Waals surface area contributed by atoms with E-state index in [0.29, 0.717) is 6.61 Å². The average molecular weight is 340 g/mol. The van der Waals surface area contributed by atoms with Crippen LogP contribution in [-0.4, -0.2) is 24.7 Å². The Balaban J connectivity index is 1.75. The quantitative estimate of drug-likeness (QED) is 0.839. The maximum atomic E-state index is 12.4. The van der Waals surface area contributed by atoms with Crippen LogP contribution >= 0.6 is 0 Å². The number of fused-ring (bicyclic) bond motifs is 1. The van der Waals surface area contributed by atoms with E-state index in [-0.39, 0.29) is 12.0 Å². The van der Waals surface area contributed by atoms with Crippen molar-refractivity contribution in [3.63, 3.8) is 0 Å². The van der Waals surface area contributed by atoms with Gasteiger partial charge in [-0.15, -0.1) is 0 Å². The van der Waals surface area contributed by atoms with Gasteiger partial charge in [-0.3, -0.25) is 4.79 Å². The van der Waals surface area contributed by atoms with E-state index in [4.69, 9.17) is 9.47 Å². The molecule has 0 unspecified atom stereocenters. The zero-order chi connectivity index (χ0) is 17.8. The Hall–Kier alpha value is -2.69. The molecule has 2 atom stereocenters. The van der Waals surface area contributed by atoms with Gasteiger partial charge in [-0.05, 0) is 39.0 Å². The first-order chi connectivity index (χ1) is 12.1. The Labute approximate surface area is 148 Å². The molecule has 2 aromatic rings. The number of amides is 1. The number of nitrogens with one attached hydrogen (secondary N) is 2. The molecule has 0 spiro atoms. The van der Waals surface area contributed by atoms with Gasteiger partial charge >= 0.3 is 0 Å². The number of ether oxygens (including phenoxy) is 2. The molecule has 25 heavy (non-hydrogen) atoms. The van der Waals surface area contributed by atoms with E-state index in [1.807, 2.05) is 63.2 Å². The molecule has 1 amide bonds. The molecule has 0 saturated heterocycles. The first-order valence-corrected chi connectivity index (χ1v) is 8.65. The maximum Gasteiger partial charge on any atom is 0.246 e. The fraction of sp³-hybridized carbons (Fsp3) is 0.350. The Morgan fingerprint density at radius 2 is 2.08 bits per heavy atom. The first-order valence-electron chi connectivity index (χ1n) is 8.65. The van der Waals surface area contributed by atoms with Gasteiger partial charge in [-0.1, -0.05) is 18.2 Å². The van der Waals surface area contributed by atoms with Crippen LogP contribution in [-0.2, 0) is 11.2 Å². The molecule has 3 rings (SSSR count). The zero-order valence-corrected chi connectivity index (χ0v) is 14.8. The number of rotatable bonds is 6. The Morgan fingerprint density at radius 1 is 1.32 bits per heavy atom. The van der Waals surface area contributed by atoms with Crippen molar-refractivity contribution in [3.05, 3.63) is 48.0 Å². The average Bonchev–Trinajstić information content (AvgIpc) is 2.95. The predicted molar refractivity (Wildman–Crippen MR) is 99.6 cm³/mol. The number of benzene rings is 2. The molecule has 132 valence electrons. The lowest BCUT2D eigenvalue weighted by molar-refractivity contribution is -0.116. The Morgan fingerprint density at radius 3 is 2.80 bits per heavy atom. The van der Waals surface area contributed by atoms with Crippen molar-refractivity contribution in [3.8, 4) is 11.5 Å². The topological polar surface area (TPSA) is 59.6 Å². The van der Waals surface area contributed by atoms with E-state index in [1.54, 1.807) is 0 Å². The number of hydrogen-bond acceptors (Lipinski definition) is 4. The summed E-state index contributed by atoms with van der Waals surface area (Å²) >= 11 is 0. The van der Waals surface area contributed by atoms with Gasteiger partial charge < -0.3 is 20.1 Å². The summed E-state index contributed by atoms with van der Waals surface area (Å²) in [4.78, 5) is 12.4. The van der Waals surface area contributed by atoms with Gasteiger partial charge in [0.2, 0.25) is 5.91 Å². The van der Waals surface area contributed by atoms with Gasteiger partial charge in [0, 0.05) is 23.7 Å². The van der Waals surface area contributed by atoms with E-state index in [1.165, 1.54) is 0 Å². The van der Waals surface area contributed by atoms with Crippen molar-refractivity contribution in [1.82, 2.24) is 0 Å². The number of anilines is 2. The minimum absolute atomic E-state index is 0.108. The smallest absolute Gasteiger partial charge is 0.246 e. The van der Waals surface area contributed by atoms with E-state index < -0.39 is 6.04 Å². The molecule has 1 aliphatic rings. The summed E-state index contributed by atoms with van der Waals surface area (Å²) in [5.74, 6) is 1.50. The van der Waals surface area contributed by atoms with Gasteiger partial charge in [0.1, 0.15) is 23.6 Å². The summed E-state index contributed by atoms with van der Waals surface area (Å²) in [6.07, 6.45) is 1.04. The van der Waals surface area contributed by atoms with Crippen molar-refractivity contribution in [2.75, 3.05) is 17.2 Å². The van der Waals surface area contributed by atoms with Gasteiger partial charge in [-0.25, -0.2) is 0 Å². The molecular weight excluding hydrogens is 316 g/mol. The third-order valence-corrected chi connectivity index (χ3v) is 4.10. The minimum atomic E-state index is -0.420. The SMILES string of the molecule is CCOc1cc2c(cc1N[C@H](C)C(=O)Nc1ccccc1)O[C@H](C)C2. The molecule has 0 saturated carbocycles. The second-order valence-corrected chi connectivity index (χ2v) is 6.24. The van der Waals surface area contributed by atoms with Crippen molar-refractivity contribution in [1.29, 1.82) is 0 Å². The molecule has 2 N–H and O–H groups in total. The van der Waals surface area contributed by atoms with Crippen LogP contribution in [0.5, 0.6) is 11.5 Å². The molecule has 5 nitrogen and oxygen atoms in total. The highest BCUT2D eigenvalue weighted by Gasteiger charge is 2.23. The van der Waals surface area contributed by atoms with Gasteiger partial charge in [0.05, 0.1) is 12.3 Å². The normalized spacial score (nSPS) is 16.5. The van der Waals surface area contributed by atoms with E-state index in [0.717, 1.165) is 34.9 Å². The maximum absolute atomic E-state index is 12.4. The molecule has 0 fully saturated rings. The number of hydrogen-bond donors (Lipinski definition) is 2. The van der Waals surface area contributed by atoms with E-state index >= 15 is 0 Å². The fourth-order valence-corrected chi connectivity index (χ4v) is 2.90. The lowest BCUT2D eigenvalue weighted by Gasteiger charge is -2.19. The number of carbonyl (C=O) groups is 1. The van der Waals surface area contributed by atoms with Gasteiger partial charge in [-0.2, -0.15) is 0 Å². The third kappa shape index (κ3) is 4.05. The standard InChI is InChI=1S/C20H24N2O3/c1-4-24-19-11-15-10-13(2)25-18(15)12-17(19)21-14(3)20(23)22-16-8-6-5-7-9-16/h5-9,11-14,21H,4,10H2,1-3H3,(H,22,23)/t13-,14-/m1/s1. The van der Waals surface area contributed by atoms with Crippen LogP contribution in [0.15, 0.2) is 42.5 Å². The lowest BCUT2D eigenvalue weighted by atomic mass is 10.1. The molecule has 0 bridgehead atoms. The van der Waals surface area contributed by atoms with Crippen LogP contribution in [0.3, 0.4) is 0 Å². The summed E-state index contributed by atoms with van der Waals surface area (Å²) in [7, 11) is 0. The minimum Gasteiger partial charge on any atom is -0.492 e. The van der Waals surface area contributed by atoms with Crippen LogP contribution < -0.4 is 20.1 Å². The third-order valence-electron chi connectivity index (χ3n) is 4.10. The Bertz CT molecular complexity index is 746. The molecule has 0 radical (unpaired) electrons. The summed E-state index contributed by atoms with van der Waals surface area (Å²) < 4.78 is 11.6. The largest absolute Gasteiger partial charge is 0.492 e. The molecular formula is C20H24N2O3. The van der Waals surface area contributed by atoms with E-state index in [2.05, 4.69) is 10.6 Å². The van der Waals surface area contributed by atoms with Crippen LogP contribution in [0.25, 0.3) is 0 Å². The molecule has 5 heteroatoms. The summed E-state index contributed by atoms with van der Waals surface area (Å²) in [5.41, 5.74) is 2.69. The lowest BCUT2D eigenvalue weighted by Crippen LogP contribution is -2.32. The summed E-state index contributed by atoms with van der Waals surface area (Å²) in [6.45, 7) is 6.38. The van der Waals surface area contributed by atoms with Crippen molar-refractivity contribution < 1.29 is 14.3 Å². The zero-order valence-electron chi connectivity index (χ0n) is 14.8. The molecule has 1 aliphatic heterocycles. The molecule has 0 aliphatic carbocycles. The second-order valence-electron chi connectivity index (χ2n) is 6.24. The summed E-state index contributed by atoms with van der Waals surface area (Å²) in [6, 6.07) is 12.9. The second kappa shape index (κ2) is 7.47. The Kier molecular flexibility index (Phi) is 5.12. The van der Waals surface area contributed by atoms with Gasteiger partial charge in [0.25, 0.3) is 0 Å². The molecule has 0 aromatic heterocycles. The molecule has 2 aromatic carbocycles. The van der Waals surface area contributed by atoms with Crippen molar-refractivity contribution in [2.45, 2.75) is 39.3 Å². The monoisotopic (exact) mass is 340 g/mol. The fourth-order valence-electron chi connectivity index (χ4n) is 2.90. The van der Waals surface area contributed by atoms with Crippen molar-refractivity contribution in [2.24, 2.45) is 0 Å². The van der Waals surface area contributed by atoms with E-state index in [9.17, 15) is 4.79 Å². The highest BCUT2D eigenvalue weighted by atomic mass is 16.5. The van der Waals surface area contributed by atoms with Crippen LogP contribution in [0.4, 0.5) is 11.4 Å². The van der Waals surface area contributed by atoms with Crippen LogP contribution in [0.1, 0.15) is 26.3 Å². The van der Waals surface area contributed by atoms with Crippen LogP contribution in [0.2, 0.25) is 0 Å². The van der Waals surface area contributed by atoms with Crippen molar-refractivity contribution >= 4 is 17.3 Å². The number of para-hydroxylation sites is 1.